The van der Waals surface area contributed by atoms with Gasteiger partial charge in [0, 0.05) is 16.3 Å². The van der Waals surface area contributed by atoms with E-state index in [1.165, 1.54) is 27.7 Å². The smallest absolute Gasteiger partial charge is 0.0487 e. The number of fused-ring (bicyclic) bond motifs is 2. The number of hydrogen-bond acceptors (Lipinski definition) is 0. The highest BCUT2D eigenvalue weighted by molar-refractivity contribution is 6.35. The molecule has 4 rings (SSSR count). The lowest BCUT2D eigenvalue weighted by Crippen LogP contribution is -2.02. The summed E-state index contributed by atoms with van der Waals surface area (Å²) in [4.78, 5) is 0. The Hall–Kier alpha value is -2.05. The fraction of sp³-hybridized carbons (Fsp3) is 0.182. The maximum Gasteiger partial charge on any atom is 0.0487 e. The van der Waals surface area contributed by atoms with Gasteiger partial charge in [0.05, 0.1) is 0 Å². The minimum absolute atomic E-state index is 0.377. The molecule has 0 radical (unpaired) electrons. The van der Waals surface area contributed by atoms with E-state index in [1.807, 2.05) is 6.07 Å². The molecular weight excluding hydrogens is 300 g/mol. The fourth-order valence-electron chi connectivity index (χ4n) is 3.57. The molecule has 0 amide bonds. The normalized spacial score (nSPS) is 19.9. The van der Waals surface area contributed by atoms with Crippen molar-refractivity contribution in [3.8, 4) is 0 Å². The van der Waals surface area contributed by atoms with E-state index in [-0.39, 0.29) is 0 Å². The quantitative estimate of drug-likeness (QED) is 0.575. The second kappa shape index (κ2) is 5.86. The molecule has 1 unspecified atom stereocenters. The Morgan fingerprint density at radius 3 is 2.87 bits per heavy atom. The first kappa shape index (κ1) is 14.5. The molecule has 0 saturated heterocycles. The molecule has 1 heteroatoms. The third-order valence-corrected chi connectivity index (χ3v) is 5.13. The predicted octanol–water partition coefficient (Wildman–Crippen LogP) is 6.74. The molecule has 0 spiro atoms. The molecule has 114 valence electrons. The number of allylic oxidation sites excluding steroid dienone is 8. The highest BCUT2D eigenvalue weighted by atomic mass is 35.5. The van der Waals surface area contributed by atoms with Gasteiger partial charge >= 0.3 is 0 Å². The van der Waals surface area contributed by atoms with Crippen molar-refractivity contribution in [1.82, 2.24) is 0 Å². The molecule has 0 N–H and O–H groups in total. The van der Waals surface area contributed by atoms with E-state index < -0.39 is 0 Å². The number of halogens is 1. The van der Waals surface area contributed by atoms with Gasteiger partial charge in [-0.25, -0.2) is 0 Å². The largest absolute Gasteiger partial charge is 0.0837 e. The lowest BCUT2D eigenvalue weighted by molar-refractivity contribution is 0.829. The van der Waals surface area contributed by atoms with Gasteiger partial charge < -0.3 is 0 Å². The molecule has 2 aliphatic rings. The van der Waals surface area contributed by atoms with Crippen LogP contribution in [0, 0.1) is 0 Å². The minimum Gasteiger partial charge on any atom is -0.0837 e. The van der Waals surface area contributed by atoms with Gasteiger partial charge in [-0.15, -0.1) is 0 Å². The zero-order valence-electron chi connectivity index (χ0n) is 13.2. The summed E-state index contributed by atoms with van der Waals surface area (Å²) < 4.78 is 0. The van der Waals surface area contributed by atoms with E-state index in [0.717, 1.165) is 23.3 Å². The van der Waals surface area contributed by atoms with Crippen molar-refractivity contribution in [3.05, 3.63) is 94.1 Å². The first-order chi connectivity index (χ1) is 11.3. The predicted molar refractivity (Wildman–Crippen MR) is 100.0 cm³/mol. The Bertz CT molecular complexity index is 893. The van der Waals surface area contributed by atoms with Crippen molar-refractivity contribution < 1.29 is 0 Å². The molecule has 23 heavy (non-hydrogen) atoms. The van der Waals surface area contributed by atoms with E-state index in [4.69, 9.17) is 11.6 Å². The van der Waals surface area contributed by atoms with Crippen LogP contribution >= 0.6 is 11.6 Å². The Morgan fingerprint density at radius 1 is 1.13 bits per heavy atom. The SMILES string of the molecule is CCC1=CC2=CC=CCC(c3cc(Cl)c4ccccc4c3)C2=C1. The van der Waals surface area contributed by atoms with Gasteiger partial charge in [0.2, 0.25) is 0 Å². The van der Waals surface area contributed by atoms with E-state index in [9.17, 15) is 0 Å². The van der Waals surface area contributed by atoms with Crippen molar-refractivity contribution in [2.75, 3.05) is 0 Å². The highest BCUT2D eigenvalue weighted by Gasteiger charge is 2.23. The van der Waals surface area contributed by atoms with Crippen LogP contribution in [0.25, 0.3) is 10.8 Å². The van der Waals surface area contributed by atoms with Crippen LogP contribution in [-0.2, 0) is 0 Å². The van der Waals surface area contributed by atoms with Crippen LogP contribution in [0.15, 0.2) is 83.5 Å². The second-order valence-electron chi connectivity index (χ2n) is 6.23. The summed E-state index contributed by atoms with van der Waals surface area (Å²) in [5, 5.41) is 3.20. The second-order valence-corrected chi connectivity index (χ2v) is 6.64. The van der Waals surface area contributed by atoms with Crippen molar-refractivity contribution in [2.45, 2.75) is 25.7 Å². The van der Waals surface area contributed by atoms with Crippen LogP contribution in [-0.4, -0.2) is 0 Å². The first-order valence-electron chi connectivity index (χ1n) is 8.24. The summed E-state index contributed by atoms with van der Waals surface area (Å²) >= 11 is 6.56. The molecule has 0 aromatic heterocycles. The molecule has 0 nitrogen and oxygen atoms in total. The van der Waals surface area contributed by atoms with Crippen LogP contribution in [0.3, 0.4) is 0 Å². The van der Waals surface area contributed by atoms with Crippen molar-refractivity contribution in [3.63, 3.8) is 0 Å². The van der Waals surface area contributed by atoms with Gasteiger partial charge in [0.15, 0.2) is 0 Å². The fourth-order valence-corrected chi connectivity index (χ4v) is 3.87. The molecule has 0 saturated carbocycles. The summed E-state index contributed by atoms with van der Waals surface area (Å²) in [5.41, 5.74) is 5.50. The van der Waals surface area contributed by atoms with Crippen molar-refractivity contribution in [1.29, 1.82) is 0 Å². The molecule has 0 fully saturated rings. The lowest BCUT2D eigenvalue weighted by Gasteiger charge is -2.19. The Labute approximate surface area is 142 Å². The molecule has 2 aliphatic carbocycles. The lowest BCUT2D eigenvalue weighted by atomic mass is 9.85. The monoisotopic (exact) mass is 318 g/mol. The minimum atomic E-state index is 0.377. The van der Waals surface area contributed by atoms with E-state index in [0.29, 0.717) is 5.92 Å². The first-order valence-corrected chi connectivity index (χ1v) is 8.61. The molecular formula is C22H19Cl. The third-order valence-electron chi connectivity index (χ3n) is 4.82. The standard InChI is InChI=1S/C22H19Cl/c1-2-15-11-16-7-3-5-9-19(21(16)12-15)18-13-17-8-4-6-10-20(17)22(23)14-18/h3-8,10-14,19H,2,9H2,1H3. The zero-order chi connectivity index (χ0) is 15.8. The summed E-state index contributed by atoms with van der Waals surface area (Å²) in [6.07, 6.45) is 13.5. The van der Waals surface area contributed by atoms with Gasteiger partial charge in [-0.1, -0.05) is 79.2 Å². The molecule has 2 aromatic carbocycles. The van der Waals surface area contributed by atoms with Crippen LogP contribution in [0.1, 0.15) is 31.2 Å². The number of hydrogen-bond donors (Lipinski definition) is 0. The molecule has 0 bridgehead atoms. The average Bonchev–Trinajstić information content (AvgIpc) is 2.88. The topological polar surface area (TPSA) is 0 Å². The van der Waals surface area contributed by atoms with Crippen molar-refractivity contribution in [2.24, 2.45) is 0 Å². The van der Waals surface area contributed by atoms with Gasteiger partial charge in [-0.3, -0.25) is 0 Å². The molecule has 0 heterocycles. The van der Waals surface area contributed by atoms with Crippen molar-refractivity contribution >= 4 is 22.4 Å². The third kappa shape index (κ3) is 2.58. The zero-order valence-corrected chi connectivity index (χ0v) is 14.0. The van der Waals surface area contributed by atoms with Gasteiger partial charge in [0.1, 0.15) is 0 Å². The summed E-state index contributed by atoms with van der Waals surface area (Å²) in [6, 6.07) is 12.8. The summed E-state index contributed by atoms with van der Waals surface area (Å²) in [6.45, 7) is 2.21. The van der Waals surface area contributed by atoms with Crippen LogP contribution < -0.4 is 0 Å². The average molecular weight is 319 g/mol. The van der Waals surface area contributed by atoms with E-state index in [1.54, 1.807) is 0 Å². The molecule has 1 atom stereocenters. The van der Waals surface area contributed by atoms with E-state index in [2.05, 4.69) is 67.6 Å². The highest BCUT2D eigenvalue weighted by Crippen LogP contribution is 2.42. The van der Waals surface area contributed by atoms with E-state index >= 15 is 0 Å². The maximum absolute atomic E-state index is 6.56. The number of rotatable bonds is 2. The van der Waals surface area contributed by atoms with Gasteiger partial charge in [0.25, 0.3) is 0 Å². The van der Waals surface area contributed by atoms with Crippen LogP contribution in [0.4, 0.5) is 0 Å². The Kier molecular flexibility index (Phi) is 3.71. The maximum atomic E-state index is 6.56. The molecule has 0 aliphatic heterocycles. The Balaban J connectivity index is 1.84. The van der Waals surface area contributed by atoms with Crippen LogP contribution in [0.2, 0.25) is 5.02 Å². The summed E-state index contributed by atoms with van der Waals surface area (Å²) in [5.74, 6) is 0.377. The number of benzene rings is 2. The van der Waals surface area contributed by atoms with Gasteiger partial charge in [-0.2, -0.15) is 0 Å². The summed E-state index contributed by atoms with van der Waals surface area (Å²) in [7, 11) is 0. The Morgan fingerprint density at radius 2 is 2.00 bits per heavy atom. The van der Waals surface area contributed by atoms with Gasteiger partial charge in [-0.05, 0) is 46.6 Å². The molecule has 2 aromatic rings. The van der Waals surface area contributed by atoms with Crippen LogP contribution in [0.5, 0.6) is 0 Å².